The van der Waals surface area contributed by atoms with Crippen molar-refractivity contribution in [1.82, 2.24) is 9.55 Å². The quantitative estimate of drug-likeness (QED) is 0.249. The molecule has 0 spiro atoms. The van der Waals surface area contributed by atoms with Crippen LogP contribution in [-0.2, 0) is 11.8 Å². The standard InChI is InChI=1S/C12H20N4O6S/c1-16-11(21)5(13)9(15-12(16)23-2)14-10-8(20)7(19)6(18)4(3-17)22-10/h4,6-8,10,14,17-20H,3,13H2,1-2H3/t4-,6+,7+,8-,10+/m0/s1. The summed E-state index contributed by atoms with van der Waals surface area (Å²) in [6.07, 6.45) is -5.05. The van der Waals surface area contributed by atoms with Gasteiger partial charge in [-0.3, -0.25) is 9.36 Å². The van der Waals surface area contributed by atoms with Crippen molar-refractivity contribution in [2.24, 2.45) is 7.05 Å². The van der Waals surface area contributed by atoms with E-state index >= 15 is 0 Å². The molecule has 5 atom stereocenters. The number of anilines is 2. The number of nitrogen functional groups attached to an aromatic ring is 1. The molecule has 1 saturated heterocycles. The topological polar surface area (TPSA) is 163 Å². The highest BCUT2D eigenvalue weighted by atomic mass is 32.2. The number of nitrogens with zero attached hydrogens (tertiary/aromatic N) is 2. The second-order valence-electron chi connectivity index (χ2n) is 5.12. The zero-order chi connectivity index (χ0) is 17.3. The number of aromatic nitrogens is 2. The molecule has 1 aromatic heterocycles. The van der Waals surface area contributed by atoms with Gasteiger partial charge in [-0.15, -0.1) is 0 Å². The number of nitrogens with one attached hydrogen (secondary N) is 1. The molecule has 130 valence electrons. The lowest BCUT2D eigenvalue weighted by atomic mass is 9.98. The van der Waals surface area contributed by atoms with E-state index in [2.05, 4.69) is 10.3 Å². The normalized spacial score (nSPS) is 31.1. The van der Waals surface area contributed by atoms with Gasteiger partial charge in [-0.05, 0) is 6.26 Å². The molecule has 0 bridgehead atoms. The van der Waals surface area contributed by atoms with Gasteiger partial charge in [0.2, 0.25) is 0 Å². The van der Waals surface area contributed by atoms with Gasteiger partial charge in [0.25, 0.3) is 5.56 Å². The van der Waals surface area contributed by atoms with Gasteiger partial charge in [-0.1, -0.05) is 11.8 Å². The van der Waals surface area contributed by atoms with Crippen LogP contribution >= 0.6 is 11.8 Å². The highest BCUT2D eigenvalue weighted by Crippen LogP contribution is 2.24. The summed E-state index contributed by atoms with van der Waals surface area (Å²) in [5.74, 6) is -0.0122. The molecule has 23 heavy (non-hydrogen) atoms. The predicted octanol–water partition coefficient (Wildman–Crippen LogP) is -2.70. The van der Waals surface area contributed by atoms with Crippen molar-refractivity contribution in [2.45, 2.75) is 35.8 Å². The van der Waals surface area contributed by atoms with E-state index in [1.165, 1.54) is 23.4 Å². The summed E-state index contributed by atoms with van der Waals surface area (Å²) in [5.41, 5.74) is 5.08. The van der Waals surface area contributed by atoms with E-state index in [0.29, 0.717) is 5.16 Å². The monoisotopic (exact) mass is 348 g/mol. The van der Waals surface area contributed by atoms with Crippen LogP contribution < -0.4 is 16.6 Å². The maximum Gasteiger partial charge on any atom is 0.279 e. The van der Waals surface area contributed by atoms with Crippen LogP contribution in [0.5, 0.6) is 0 Å². The fraction of sp³-hybridized carbons (Fsp3) is 0.667. The highest BCUT2D eigenvalue weighted by Gasteiger charge is 2.43. The molecule has 0 aliphatic carbocycles. The van der Waals surface area contributed by atoms with E-state index in [4.69, 9.17) is 15.6 Å². The Hall–Kier alpha value is -1.37. The number of hydrogen-bond acceptors (Lipinski definition) is 10. The second-order valence-corrected chi connectivity index (χ2v) is 5.89. The molecule has 1 aliphatic rings. The molecule has 10 nitrogen and oxygen atoms in total. The van der Waals surface area contributed by atoms with Crippen molar-refractivity contribution in [3.8, 4) is 0 Å². The van der Waals surface area contributed by atoms with Crippen molar-refractivity contribution in [3.05, 3.63) is 10.4 Å². The van der Waals surface area contributed by atoms with Crippen LogP contribution in [0.3, 0.4) is 0 Å². The summed E-state index contributed by atoms with van der Waals surface area (Å²) in [5, 5.41) is 41.7. The first-order valence-corrected chi connectivity index (χ1v) is 8.01. The lowest BCUT2D eigenvalue weighted by Gasteiger charge is -2.40. The Kier molecular flexibility index (Phi) is 5.49. The summed E-state index contributed by atoms with van der Waals surface area (Å²) in [7, 11) is 1.52. The molecule has 7 N–H and O–H groups in total. The number of aliphatic hydroxyl groups excluding tert-OH is 4. The summed E-state index contributed by atoms with van der Waals surface area (Å²) < 4.78 is 6.58. The number of hydrogen-bond donors (Lipinski definition) is 6. The molecule has 0 saturated carbocycles. The Labute approximate surface area is 135 Å². The molecule has 0 radical (unpaired) electrons. The zero-order valence-electron chi connectivity index (χ0n) is 12.6. The molecular weight excluding hydrogens is 328 g/mol. The number of nitrogens with two attached hydrogens (primary N) is 1. The summed E-state index contributed by atoms with van der Waals surface area (Å²) >= 11 is 1.22. The largest absolute Gasteiger partial charge is 0.394 e. The van der Waals surface area contributed by atoms with Crippen molar-refractivity contribution in [1.29, 1.82) is 0 Å². The first-order valence-electron chi connectivity index (χ1n) is 6.79. The molecule has 1 aliphatic heterocycles. The summed E-state index contributed by atoms with van der Waals surface area (Å²) in [6, 6.07) is 0. The maximum absolute atomic E-state index is 12.0. The Morgan fingerprint density at radius 1 is 1.35 bits per heavy atom. The average molecular weight is 348 g/mol. The fourth-order valence-electron chi connectivity index (χ4n) is 2.25. The lowest BCUT2D eigenvalue weighted by molar-refractivity contribution is -0.221. The first-order chi connectivity index (χ1) is 10.8. The minimum Gasteiger partial charge on any atom is -0.394 e. The van der Waals surface area contributed by atoms with Gasteiger partial charge in [-0.25, -0.2) is 4.98 Å². The van der Waals surface area contributed by atoms with E-state index in [-0.39, 0.29) is 11.5 Å². The van der Waals surface area contributed by atoms with E-state index < -0.39 is 42.8 Å². The molecule has 11 heteroatoms. The van der Waals surface area contributed by atoms with E-state index in [9.17, 15) is 20.1 Å². The summed E-state index contributed by atoms with van der Waals surface area (Å²) in [6.45, 7) is -0.557. The minimum atomic E-state index is -1.54. The molecule has 1 aromatic rings. The number of aliphatic hydroxyl groups is 4. The molecule has 0 aromatic carbocycles. The van der Waals surface area contributed by atoms with Gasteiger partial charge in [0, 0.05) is 7.05 Å². The smallest absolute Gasteiger partial charge is 0.279 e. The van der Waals surface area contributed by atoms with Crippen LogP contribution in [0.2, 0.25) is 0 Å². The fourth-order valence-corrected chi connectivity index (χ4v) is 2.79. The van der Waals surface area contributed by atoms with Crippen LogP contribution in [0.1, 0.15) is 0 Å². The number of thioether (sulfide) groups is 1. The third-order valence-corrected chi connectivity index (χ3v) is 4.37. The van der Waals surface area contributed by atoms with Crippen molar-refractivity contribution in [2.75, 3.05) is 23.9 Å². The van der Waals surface area contributed by atoms with Crippen LogP contribution in [0.15, 0.2) is 9.95 Å². The van der Waals surface area contributed by atoms with E-state index in [0.717, 1.165) is 0 Å². The first kappa shape index (κ1) is 18.0. The van der Waals surface area contributed by atoms with Crippen LogP contribution in [0.4, 0.5) is 11.5 Å². The molecule has 0 unspecified atom stereocenters. The van der Waals surface area contributed by atoms with Gasteiger partial charge in [0.05, 0.1) is 6.61 Å². The third kappa shape index (κ3) is 3.29. The van der Waals surface area contributed by atoms with Gasteiger partial charge in [0.15, 0.2) is 17.2 Å². The van der Waals surface area contributed by atoms with Crippen LogP contribution in [-0.4, -0.2) is 73.5 Å². The van der Waals surface area contributed by atoms with Gasteiger partial charge >= 0.3 is 0 Å². The van der Waals surface area contributed by atoms with Crippen molar-refractivity contribution < 1.29 is 25.2 Å². The third-order valence-electron chi connectivity index (χ3n) is 3.64. The van der Waals surface area contributed by atoms with Gasteiger partial charge in [-0.2, -0.15) is 0 Å². The van der Waals surface area contributed by atoms with Crippen molar-refractivity contribution >= 4 is 23.3 Å². The van der Waals surface area contributed by atoms with E-state index in [1.807, 2.05) is 0 Å². The number of rotatable bonds is 4. The Bertz CT molecular complexity index is 624. The van der Waals surface area contributed by atoms with Gasteiger partial charge in [0.1, 0.15) is 30.1 Å². The zero-order valence-corrected chi connectivity index (χ0v) is 13.4. The maximum atomic E-state index is 12.0. The Balaban J connectivity index is 2.31. The van der Waals surface area contributed by atoms with Crippen molar-refractivity contribution in [3.63, 3.8) is 0 Å². The Morgan fingerprint density at radius 2 is 2.00 bits per heavy atom. The molecular formula is C12H20N4O6S. The minimum absolute atomic E-state index is 0.0122. The Morgan fingerprint density at radius 3 is 2.57 bits per heavy atom. The highest BCUT2D eigenvalue weighted by molar-refractivity contribution is 7.98. The predicted molar refractivity (Wildman–Crippen MR) is 83.1 cm³/mol. The average Bonchev–Trinajstić information content (AvgIpc) is 2.55. The van der Waals surface area contributed by atoms with Crippen LogP contribution in [0.25, 0.3) is 0 Å². The van der Waals surface area contributed by atoms with Gasteiger partial charge < -0.3 is 36.2 Å². The summed E-state index contributed by atoms with van der Waals surface area (Å²) in [4.78, 5) is 16.2. The number of ether oxygens (including phenoxy) is 1. The molecule has 0 amide bonds. The molecule has 2 heterocycles. The lowest BCUT2D eigenvalue weighted by Crippen LogP contribution is -2.60. The second kappa shape index (κ2) is 7.03. The van der Waals surface area contributed by atoms with E-state index in [1.54, 1.807) is 6.26 Å². The molecule has 2 rings (SSSR count). The van der Waals surface area contributed by atoms with Crippen LogP contribution in [0, 0.1) is 0 Å². The SMILES string of the molecule is CSc1nc(N[C@@H]2O[C@@H](CO)[C@@H](O)[C@@H](O)[C@@H]2O)c(N)c(=O)n1C. The molecule has 1 fully saturated rings.